The van der Waals surface area contributed by atoms with E-state index in [4.69, 9.17) is 4.74 Å². The van der Waals surface area contributed by atoms with E-state index in [2.05, 4.69) is 15.6 Å². The number of Topliss-reactive ketones (excluding diaryl/α,β-unsaturated/α-hetero) is 1. The van der Waals surface area contributed by atoms with Gasteiger partial charge in [-0.1, -0.05) is 41.2 Å². The second kappa shape index (κ2) is 9.54. The summed E-state index contributed by atoms with van der Waals surface area (Å²) >= 11 is 1.16. The number of ketones is 1. The average molecular weight is 464 g/mol. The highest BCUT2D eigenvalue weighted by atomic mass is 32.1. The molecule has 2 aromatic carbocycles. The lowest BCUT2D eigenvalue weighted by molar-refractivity contribution is -0.125. The second-order valence-electron chi connectivity index (χ2n) is 8.15. The lowest BCUT2D eigenvalue weighted by atomic mass is 9.89. The van der Waals surface area contributed by atoms with Crippen molar-refractivity contribution in [1.82, 2.24) is 10.3 Å². The monoisotopic (exact) mass is 463 g/mol. The zero-order valence-corrected chi connectivity index (χ0v) is 19.5. The number of hydrogen-bond acceptors (Lipinski definition) is 6. The van der Waals surface area contributed by atoms with E-state index in [1.807, 2.05) is 50.2 Å². The molecule has 8 heteroatoms. The molecule has 1 heterocycles. The Morgan fingerprint density at radius 2 is 1.91 bits per heavy atom. The van der Waals surface area contributed by atoms with Crippen molar-refractivity contribution in [2.75, 3.05) is 12.4 Å². The molecule has 7 nitrogen and oxygen atoms in total. The van der Waals surface area contributed by atoms with Gasteiger partial charge in [-0.25, -0.2) is 4.98 Å². The van der Waals surface area contributed by atoms with Crippen LogP contribution in [0.2, 0.25) is 0 Å². The molecule has 3 aromatic rings. The number of fused-ring (bicyclic) bond motifs is 1. The molecule has 0 radical (unpaired) electrons. The van der Waals surface area contributed by atoms with Gasteiger partial charge in [-0.3, -0.25) is 19.7 Å². The lowest BCUT2D eigenvalue weighted by Crippen LogP contribution is -2.37. The van der Waals surface area contributed by atoms with Crippen molar-refractivity contribution in [2.24, 2.45) is 5.92 Å². The number of rotatable bonds is 6. The van der Waals surface area contributed by atoms with Gasteiger partial charge in [-0.2, -0.15) is 0 Å². The number of aryl methyl sites for hydroxylation is 1. The topological polar surface area (TPSA) is 97.4 Å². The quantitative estimate of drug-likeness (QED) is 0.567. The minimum atomic E-state index is -0.492. The zero-order chi connectivity index (χ0) is 23.5. The van der Waals surface area contributed by atoms with Crippen molar-refractivity contribution in [3.63, 3.8) is 0 Å². The molecule has 1 aliphatic rings. The van der Waals surface area contributed by atoms with Crippen LogP contribution in [-0.4, -0.2) is 29.7 Å². The molecular formula is C25H25N3O4S. The first-order chi connectivity index (χ1) is 15.8. The molecule has 1 aliphatic carbocycles. The van der Waals surface area contributed by atoms with E-state index >= 15 is 0 Å². The summed E-state index contributed by atoms with van der Waals surface area (Å²) in [7, 11) is 1.60. The third-order valence-electron chi connectivity index (χ3n) is 5.67. The Bertz CT molecular complexity index is 1200. The Morgan fingerprint density at radius 1 is 1.15 bits per heavy atom. The fourth-order valence-electron chi connectivity index (χ4n) is 3.83. The standard InChI is InChI=1S/C25H25N3O4S/c1-14-5-4-6-17(11-14)23(30)28-25-27-20-12-18(13-21(29)22(20)33-25)24(31)26-15(2)16-7-9-19(32-3)10-8-16/h4-11,15,18H,12-13H2,1-3H3,(H,26,31)(H,27,28,30)/t15-,18?/m1/s1. The molecule has 1 aromatic heterocycles. The van der Waals surface area contributed by atoms with Crippen molar-refractivity contribution >= 4 is 34.1 Å². The zero-order valence-electron chi connectivity index (χ0n) is 18.7. The fourth-order valence-corrected chi connectivity index (χ4v) is 4.77. The Balaban J connectivity index is 1.42. The van der Waals surface area contributed by atoms with E-state index < -0.39 is 5.92 Å². The smallest absolute Gasteiger partial charge is 0.257 e. The van der Waals surface area contributed by atoms with Crippen LogP contribution in [0.3, 0.4) is 0 Å². The molecule has 0 fully saturated rings. The van der Waals surface area contributed by atoms with Gasteiger partial charge in [-0.15, -0.1) is 0 Å². The van der Waals surface area contributed by atoms with E-state index in [1.54, 1.807) is 19.2 Å². The van der Waals surface area contributed by atoms with Gasteiger partial charge in [-0.05, 0) is 43.7 Å². The van der Waals surface area contributed by atoms with Crippen LogP contribution in [0.5, 0.6) is 5.75 Å². The molecule has 2 atom stereocenters. The first-order valence-electron chi connectivity index (χ1n) is 10.7. The summed E-state index contributed by atoms with van der Waals surface area (Å²) in [6, 6.07) is 14.5. The first kappa shape index (κ1) is 22.7. The van der Waals surface area contributed by atoms with E-state index in [-0.39, 0.29) is 30.1 Å². The Kier molecular flexibility index (Phi) is 6.55. The van der Waals surface area contributed by atoms with Gasteiger partial charge in [0.25, 0.3) is 5.91 Å². The Labute approximate surface area is 196 Å². The van der Waals surface area contributed by atoms with Gasteiger partial charge in [0.15, 0.2) is 10.9 Å². The normalized spacial score (nSPS) is 16.0. The summed E-state index contributed by atoms with van der Waals surface area (Å²) < 4.78 is 5.17. The van der Waals surface area contributed by atoms with Gasteiger partial charge in [0, 0.05) is 18.4 Å². The van der Waals surface area contributed by atoms with Crippen LogP contribution in [0.4, 0.5) is 5.13 Å². The van der Waals surface area contributed by atoms with Crippen molar-refractivity contribution < 1.29 is 19.1 Å². The predicted octanol–water partition coefficient (Wildman–Crippen LogP) is 4.33. The van der Waals surface area contributed by atoms with Crippen LogP contribution in [0.15, 0.2) is 48.5 Å². The number of thiazole rings is 1. The first-order valence-corrected chi connectivity index (χ1v) is 11.5. The Hall–Kier alpha value is -3.52. The van der Waals surface area contributed by atoms with Gasteiger partial charge in [0.2, 0.25) is 5.91 Å². The summed E-state index contributed by atoms with van der Waals surface area (Å²) in [4.78, 5) is 43.1. The van der Waals surface area contributed by atoms with E-state index in [9.17, 15) is 14.4 Å². The summed E-state index contributed by atoms with van der Waals surface area (Å²) in [5.74, 6) is -0.331. The number of hydrogen-bond donors (Lipinski definition) is 2. The number of amides is 2. The molecular weight excluding hydrogens is 438 g/mol. The van der Waals surface area contributed by atoms with Gasteiger partial charge >= 0.3 is 0 Å². The van der Waals surface area contributed by atoms with Crippen LogP contribution >= 0.6 is 11.3 Å². The SMILES string of the molecule is COc1ccc([C@@H](C)NC(=O)C2CC(=O)c3sc(NC(=O)c4cccc(C)c4)nc3C2)cc1. The Morgan fingerprint density at radius 3 is 2.61 bits per heavy atom. The maximum atomic E-state index is 12.9. The fraction of sp³-hybridized carbons (Fsp3) is 0.280. The molecule has 0 aliphatic heterocycles. The summed E-state index contributed by atoms with van der Waals surface area (Å²) in [5.41, 5.74) is 3.02. The number of anilines is 1. The van der Waals surface area contributed by atoms with Gasteiger partial charge < -0.3 is 10.1 Å². The molecule has 2 amide bonds. The molecule has 170 valence electrons. The predicted molar refractivity (Wildman–Crippen MR) is 127 cm³/mol. The van der Waals surface area contributed by atoms with Crippen molar-refractivity contribution in [2.45, 2.75) is 32.7 Å². The molecule has 4 rings (SSSR count). The molecule has 33 heavy (non-hydrogen) atoms. The van der Waals surface area contributed by atoms with Gasteiger partial charge in [0.1, 0.15) is 5.75 Å². The average Bonchev–Trinajstić information content (AvgIpc) is 3.22. The summed E-state index contributed by atoms with van der Waals surface area (Å²) in [5, 5.41) is 6.14. The summed E-state index contributed by atoms with van der Waals surface area (Å²) in [6.45, 7) is 3.82. The number of aromatic nitrogens is 1. The highest BCUT2D eigenvalue weighted by Gasteiger charge is 2.33. The van der Waals surface area contributed by atoms with E-state index in [1.165, 1.54) is 0 Å². The van der Waals surface area contributed by atoms with Crippen LogP contribution in [-0.2, 0) is 11.2 Å². The highest BCUT2D eigenvalue weighted by molar-refractivity contribution is 7.17. The molecule has 0 bridgehead atoms. The number of carbonyl (C=O) groups is 3. The minimum absolute atomic E-state index is 0.123. The van der Waals surface area contributed by atoms with E-state index in [0.717, 1.165) is 28.2 Å². The van der Waals surface area contributed by atoms with Gasteiger partial charge in [0.05, 0.1) is 29.6 Å². The van der Waals surface area contributed by atoms with Crippen molar-refractivity contribution in [3.05, 3.63) is 75.8 Å². The highest BCUT2D eigenvalue weighted by Crippen LogP contribution is 2.33. The van der Waals surface area contributed by atoms with Crippen LogP contribution < -0.4 is 15.4 Å². The molecule has 1 unspecified atom stereocenters. The molecule has 0 spiro atoms. The maximum absolute atomic E-state index is 12.9. The number of benzene rings is 2. The van der Waals surface area contributed by atoms with Crippen molar-refractivity contribution in [3.8, 4) is 5.75 Å². The largest absolute Gasteiger partial charge is 0.497 e. The second-order valence-corrected chi connectivity index (χ2v) is 9.15. The molecule has 0 saturated heterocycles. The van der Waals surface area contributed by atoms with E-state index in [0.29, 0.717) is 27.7 Å². The minimum Gasteiger partial charge on any atom is -0.497 e. The number of methoxy groups -OCH3 is 1. The summed E-state index contributed by atoms with van der Waals surface area (Å²) in [6.07, 6.45) is 0.487. The third kappa shape index (κ3) is 5.12. The van der Waals surface area contributed by atoms with Crippen LogP contribution in [0.25, 0.3) is 0 Å². The maximum Gasteiger partial charge on any atom is 0.257 e. The van der Waals surface area contributed by atoms with Crippen molar-refractivity contribution in [1.29, 1.82) is 0 Å². The number of nitrogens with zero attached hydrogens (tertiary/aromatic N) is 1. The third-order valence-corrected chi connectivity index (χ3v) is 6.72. The number of carbonyl (C=O) groups excluding carboxylic acids is 3. The number of nitrogens with one attached hydrogen (secondary N) is 2. The van der Waals surface area contributed by atoms with Crippen LogP contribution in [0, 0.1) is 12.8 Å². The van der Waals surface area contributed by atoms with Crippen LogP contribution in [0.1, 0.15) is 56.2 Å². The number of ether oxygens (including phenoxy) is 1. The molecule has 0 saturated carbocycles. The lowest BCUT2D eigenvalue weighted by Gasteiger charge is -2.22. The molecule has 2 N–H and O–H groups in total.